The number of piperidine rings is 1. The van der Waals surface area contributed by atoms with Crippen LogP contribution in [0.3, 0.4) is 0 Å². The molecule has 2 amide bonds. The van der Waals surface area contributed by atoms with Gasteiger partial charge in [0.2, 0.25) is 0 Å². The van der Waals surface area contributed by atoms with Crippen molar-refractivity contribution < 1.29 is 9.53 Å². The van der Waals surface area contributed by atoms with Gasteiger partial charge in [-0.25, -0.2) is 4.79 Å². The topological polar surface area (TPSA) is 62.4 Å². The van der Waals surface area contributed by atoms with Crippen molar-refractivity contribution in [2.75, 3.05) is 26.3 Å². The van der Waals surface area contributed by atoms with Crippen LogP contribution in [0, 0.1) is 5.92 Å². The molecule has 0 aromatic carbocycles. The number of hydrogen-bond acceptors (Lipinski definition) is 3. The fourth-order valence-electron chi connectivity index (χ4n) is 2.27. The standard InChI is InChI=1S/C11H21N3O2/c1-8-6-12-4-2-10(8)14-11(15)13-9-3-5-16-7-9/h8-10,12H,2-7H2,1H3,(H2,13,14,15). The molecule has 2 rings (SSSR count). The molecule has 5 heteroatoms. The number of carbonyl (C=O) groups excluding carboxylic acids is 1. The third kappa shape index (κ3) is 3.09. The van der Waals surface area contributed by atoms with E-state index in [1.807, 2.05) is 0 Å². The van der Waals surface area contributed by atoms with E-state index < -0.39 is 0 Å². The van der Waals surface area contributed by atoms with Gasteiger partial charge in [0.05, 0.1) is 12.6 Å². The summed E-state index contributed by atoms with van der Waals surface area (Å²) in [7, 11) is 0. The van der Waals surface area contributed by atoms with E-state index in [0.29, 0.717) is 18.6 Å². The Morgan fingerprint density at radius 2 is 2.25 bits per heavy atom. The van der Waals surface area contributed by atoms with Crippen molar-refractivity contribution in [3.05, 3.63) is 0 Å². The minimum atomic E-state index is -0.0470. The lowest BCUT2D eigenvalue weighted by Gasteiger charge is -2.30. The minimum Gasteiger partial charge on any atom is -0.379 e. The highest BCUT2D eigenvalue weighted by atomic mass is 16.5. The van der Waals surface area contributed by atoms with Gasteiger partial charge in [-0.1, -0.05) is 6.92 Å². The van der Waals surface area contributed by atoms with Crippen LogP contribution in [0.15, 0.2) is 0 Å². The molecule has 2 saturated heterocycles. The summed E-state index contributed by atoms with van der Waals surface area (Å²) >= 11 is 0. The Labute approximate surface area is 96.3 Å². The summed E-state index contributed by atoms with van der Waals surface area (Å²) in [6.45, 7) is 5.54. The molecular formula is C11H21N3O2. The van der Waals surface area contributed by atoms with Crippen molar-refractivity contribution in [2.45, 2.75) is 31.8 Å². The van der Waals surface area contributed by atoms with E-state index in [1.165, 1.54) is 0 Å². The van der Waals surface area contributed by atoms with Crippen LogP contribution >= 0.6 is 0 Å². The smallest absolute Gasteiger partial charge is 0.315 e. The van der Waals surface area contributed by atoms with E-state index in [2.05, 4.69) is 22.9 Å². The number of amides is 2. The fraction of sp³-hybridized carbons (Fsp3) is 0.909. The lowest BCUT2D eigenvalue weighted by Crippen LogP contribution is -2.52. The van der Waals surface area contributed by atoms with Crippen molar-refractivity contribution in [1.29, 1.82) is 0 Å². The molecule has 0 aromatic heterocycles. The average molecular weight is 227 g/mol. The zero-order chi connectivity index (χ0) is 11.4. The molecule has 0 bridgehead atoms. The number of urea groups is 1. The summed E-state index contributed by atoms with van der Waals surface area (Å²) in [5.41, 5.74) is 0. The second-order valence-electron chi connectivity index (χ2n) is 4.75. The molecule has 0 spiro atoms. The number of hydrogen-bond donors (Lipinski definition) is 3. The zero-order valence-electron chi connectivity index (χ0n) is 9.79. The number of nitrogens with one attached hydrogen (secondary N) is 3. The monoisotopic (exact) mass is 227 g/mol. The molecule has 0 saturated carbocycles. The number of carbonyl (C=O) groups is 1. The molecular weight excluding hydrogens is 206 g/mol. The zero-order valence-corrected chi connectivity index (χ0v) is 9.79. The normalized spacial score (nSPS) is 34.7. The maximum absolute atomic E-state index is 11.7. The highest BCUT2D eigenvalue weighted by Gasteiger charge is 2.24. The first-order valence-electron chi connectivity index (χ1n) is 6.11. The van der Waals surface area contributed by atoms with Crippen molar-refractivity contribution in [3.63, 3.8) is 0 Å². The van der Waals surface area contributed by atoms with Gasteiger partial charge < -0.3 is 20.7 Å². The van der Waals surface area contributed by atoms with Crippen LogP contribution in [-0.4, -0.2) is 44.4 Å². The first kappa shape index (κ1) is 11.7. The van der Waals surface area contributed by atoms with Gasteiger partial charge in [-0.3, -0.25) is 0 Å². The molecule has 2 fully saturated rings. The van der Waals surface area contributed by atoms with Gasteiger partial charge in [-0.05, 0) is 31.8 Å². The molecule has 3 N–H and O–H groups in total. The van der Waals surface area contributed by atoms with Crippen LogP contribution in [0.4, 0.5) is 4.79 Å². The molecule has 2 aliphatic rings. The predicted molar refractivity (Wildman–Crippen MR) is 61.3 cm³/mol. The van der Waals surface area contributed by atoms with Gasteiger partial charge in [-0.15, -0.1) is 0 Å². The Kier molecular flexibility index (Phi) is 4.01. The third-order valence-electron chi connectivity index (χ3n) is 3.37. The van der Waals surface area contributed by atoms with Crippen LogP contribution < -0.4 is 16.0 Å². The first-order chi connectivity index (χ1) is 7.75. The quantitative estimate of drug-likeness (QED) is 0.626. The number of ether oxygens (including phenoxy) is 1. The maximum atomic E-state index is 11.7. The molecule has 2 aliphatic heterocycles. The lowest BCUT2D eigenvalue weighted by molar-refractivity contribution is 0.187. The second kappa shape index (κ2) is 5.50. The predicted octanol–water partition coefficient (Wildman–Crippen LogP) is 0.0725. The van der Waals surface area contributed by atoms with Crippen molar-refractivity contribution >= 4 is 6.03 Å². The van der Waals surface area contributed by atoms with E-state index in [-0.39, 0.29) is 12.1 Å². The summed E-state index contributed by atoms with van der Waals surface area (Å²) in [5.74, 6) is 0.499. The summed E-state index contributed by atoms with van der Waals surface area (Å²) < 4.78 is 5.22. The Hall–Kier alpha value is -0.810. The SMILES string of the molecule is CC1CNCCC1NC(=O)NC1CCOC1. The molecule has 2 heterocycles. The molecule has 3 unspecified atom stereocenters. The summed E-state index contributed by atoms with van der Waals surface area (Å²) in [6, 6.07) is 0.440. The van der Waals surface area contributed by atoms with Gasteiger partial charge in [0.25, 0.3) is 0 Å². The Morgan fingerprint density at radius 3 is 2.94 bits per heavy atom. The van der Waals surface area contributed by atoms with Crippen LogP contribution in [0.25, 0.3) is 0 Å². The first-order valence-corrected chi connectivity index (χ1v) is 6.11. The summed E-state index contributed by atoms with van der Waals surface area (Å²) in [5, 5.41) is 9.32. The molecule has 0 radical (unpaired) electrons. The molecule has 0 aromatic rings. The minimum absolute atomic E-state index is 0.0470. The summed E-state index contributed by atoms with van der Waals surface area (Å²) in [6.07, 6.45) is 1.94. The van der Waals surface area contributed by atoms with Gasteiger partial charge in [0, 0.05) is 12.6 Å². The highest BCUT2D eigenvalue weighted by molar-refractivity contribution is 5.74. The Balaban J connectivity index is 1.72. The second-order valence-corrected chi connectivity index (χ2v) is 4.75. The van der Waals surface area contributed by atoms with Crippen LogP contribution in [-0.2, 0) is 4.74 Å². The van der Waals surface area contributed by atoms with Gasteiger partial charge in [0.15, 0.2) is 0 Å². The fourth-order valence-corrected chi connectivity index (χ4v) is 2.27. The maximum Gasteiger partial charge on any atom is 0.315 e. The largest absolute Gasteiger partial charge is 0.379 e. The third-order valence-corrected chi connectivity index (χ3v) is 3.37. The van der Waals surface area contributed by atoms with E-state index >= 15 is 0 Å². The molecule has 5 nitrogen and oxygen atoms in total. The Morgan fingerprint density at radius 1 is 1.38 bits per heavy atom. The van der Waals surface area contributed by atoms with Crippen LogP contribution in [0.1, 0.15) is 19.8 Å². The Bertz CT molecular complexity index is 241. The van der Waals surface area contributed by atoms with Crippen molar-refractivity contribution in [3.8, 4) is 0 Å². The highest BCUT2D eigenvalue weighted by Crippen LogP contribution is 2.10. The van der Waals surface area contributed by atoms with E-state index in [4.69, 9.17) is 4.74 Å². The van der Waals surface area contributed by atoms with Gasteiger partial charge in [-0.2, -0.15) is 0 Å². The van der Waals surface area contributed by atoms with E-state index in [9.17, 15) is 4.79 Å². The molecule has 0 aliphatic carbocycles. The van der Waals surface area contributed by atoms with E-state index in [1.54, 1.807) is 0 Å². The van der Waals surface area contributed by atoms with Gasteiger partial charge in [0.1, 0.15) is 0 Å². The molecule has 16 heavy (non-hydrogen) atoms. The summed E-state index contributed by atoms with van der Waals surface area (Å²) in [4.78, 5) is 11.7. The van der Waals surface area contributed by atoms with Crippen LogP contribution in [0.5, 0.6) is 0 Å². The lowest BCUT2D eigenvalue weighted by atomic mass is 9.95. The van der Waals surface area contributed by atoms with Crippen molar-refractivity contribution in [2.24, 2.45) is 5.92 Å². The molecule has 3 atom stereocenters. The average Bonchev–Trinajstić information content (AvgIpc) is 2.74. The van der Waals surface area contributed by atoms with Crippen LogP contribution in [0.2, 0.25) is 0 Å². The number of rotatable bonds is 2. The van der Waals surface area contributed by atoms with Gasteiger partial charge >= 0.3 is 6.03 Å². The molecule has 92 valence electrons. The van der Waals surface area contributed by atoms with E-state index in [0.717, 1.165) is 32.5 Å². The van der Waals surface area contributed by atoms with Crippen molar-refractivity contribution in [1.82, 2.24) is 16.0 Å².